The third-order valence-electron chi connectivity index (χ3n) is 10.9. The number of fused-ring (bicyclic) bond motifs is 2. The molecule has 0 bridgehead atoms. The quantitative estimate of drug-likeness (QED) is 0.162. The third-order valence-corrected chi connectivity index (χ3v) is 79.7. The summed E-state index contributed by atoms with van der Waals surface area (Å²) in [6.07, 6.45) is 0. The van der Waals surface area contributed by atoms with Gasteiger partial charge in [0.2, 0.25) is 0 Å². The lowest BCUT2D eigenvalue weighted by Gasteiger charge is -2.60. The Morgan fingerprint density at radius 1 is 0.333 bits per heavy atom. The SMILES string of the molecule is C[Si](C)(C)[Si](C)([Si@@](C)(c1ccccc1)c1cccc2ccccc12)[Si@@](C)(c1ccccc1)c1cccc2ccccc12. The van der Waals surface area contributed by atoms with Crippen LogP contribution in [0.5, 0.6) is 0 Å². The highest BCUT2D eigenvalue weighted by Crippen LogP contribution is 2.39. The first kappa shape index (κ1) is 28.8. The molecule has 0 radical (unpaired) electrons. The van der Waals surface area contributed by atoms with Crippen molar-refractivity contribution in [3.05, 3.63) is 146 Å². The van der Waals surface area contributed by atoms with Crippen molar-refractivity contribution >= 4 is 71.7 Å². The summed E-state index contributed by atoms with van der Waals surface area (Å²) in [7, 11) is -6.59. The van der Waals surface area contributed by atoms with Gasteiger partial charge in [-0.3, -0.25) is 0 Å². The summed E-state index contributed by atoms with van der Waals surface area (Å²) in [4.78, 5) is 0. The molecule has 42 heavy (non-hydrogen) atoms. The summed E-state index contributed by atoms with van der Waals surface area (Å²) in [6.45, 7) is 14.4. The highest BCUT2D eigenvalue weighted by Gasteiger charge is 2.68. The predicted octanol–water partition coefficient (Wildman–Crippen LogP) is 7.73. The number of benzene rings is 6. The van der Waals surface area contributed by atoms with Crippen LogP contribution in [0.4, 0.5) is 0 Å². The molecule has 0 nitrogen and oxygen atoms in total. The summed E-state index contributed by atoms with van der Waals surface area (Å²) >= 11 is 0. The zero-order valence-electron chi connectivity index (χ0n) is 25.9. The maximum atomic E-state index is 2.89. The van der Waals surface area contributed by atoms with Crippen LogP contribution in [-0.2, 0) is 0 Å². The Morgan fingerprint density at radius 3 is 1.05 bits per heavy atom. The Bertz CT molecular complexity index is 1720. The molecule has 6 rings (SSSR count). The van der Waals surface area contributed by atoms with E-state index >= 15 is 0 Å². The molecule has 0 aliphatic heterocycles. The molecule has 4 heteroatoms. The van der Waals surface area contributed by atoms with Gasteiger partial charge in [0.05, 0.1) is 6.63 Å². The number of hydrogen-bond donors (Lipinski definition) is 0. The zero-order chi connectivity index (χ0) is 29.6. The highest BCUT2D eigenvalue weighted by molar-refractivity contribution is 7.95. The van der Waals surface area contributed by atoms with Gasteiger partial charge in [0.15, 0.2) is 0 Å². The van der Waals surface area contributed by atoms with Crippen molar-refractivity contribution < 1.29 is 0 Å². The Balaban J connectivity index is 1.84. The monoisotopic (exact) mass is 610 g/mol. The molecule has 0 unspecified atom stereocenters. The third kappa shape index (κ3) is 4.19. The van der Waals surface area contributed by atoms with Crippen LogP contribution in [0.25, 0.3) is 21.5 Å². The van der Waals surface area contributed by atoms with Crippen molar-refractivity contribution in [3.8, 4) is 0 Å². The second kappa shape index (κ2) is 10.8. The lowest BCUT2D eigenvalue weighted by molar-refractivity contribution is 1.69. The summed E-state index contributed by atoms with van der Waals surface area (Å²) in [5.41, 5.74) is 0. The fraction of sp³-hybridized carbons (Fsp3) is 0.158. The molecule has 2 atom stereocenters. The lowest BCUT2D eigenvalue weighted by atomic mass is 10.1. The Morgan fingerprint density at radius 2 is 0.667 bits per heavy atom. The fourth-order valence-electron chi connectivity index (χ4n) is 8.29. The molecule has 0 spiro atoms. The largest absolute Gasteiger partial charge is 0.104 e. The van der Waals surface area contributed by atoms with Gasteiger partial charge in [-0.15, -0.1) is 0 Å². The summed E-state index contributed by atoms with van der Waals surface area (Å²) in [5.74, 6) is 0. The van der Waals surface area contributed by atoms with E-state index in [1.54, 1.807) is 20.7 Å². The van der Waals surface area contributed by atoms with Gasteiger partial charge in [-0.1, -0.05) is 195 Å². The first-order valence-corrected chi connectivity index (χ1v) is 29.2. The maximum Gasteiger partial charge on any atom is 0.104 e. The Labute approximate surface area is 255 Å². The van der Waals surface area contributed by atoms with Gasteiger partial charge in [-0.05, 0) is 31.9 Å². The molecule has 0 N–H and O–H groups in total. The van der Waals surface area contributed by atoms with Crippen LogP contribution in [0, 0.1) is 0 Å². The topological polar surface area (TPSA) is 0 Å². The van der Waals surface area contributed by atoms with Crippen molar-refractivity contribution in [3.63, 3.8) is 0 Å². The van der Waals surface area contributed by atoms with Gasteiger partial charge >= 0.3 is 0 Å². The minimum atomic E-state index is -2.38. The van der Waals surface area contributed by atoms with Gasteiger partial charge in [0.25, 0.3) is 0 Å². The molecule has 0 amide bonds. The molecule has 6 aromatic carbocycles. The van der Waals surface area contributed by atoms with E-state index < -0.39 is 29.4 Å². The van der Waals surface area contributed by atoms with E-state index in [9.17, 15) is 0 Å². The number of rotatable bonds is 7. The second-order valence-electron chi connectivity index (χ2n) is 13.4. The molecule has 0 saturated carbocycles. The van der Waals surface area contributed by atoms with Crippen LogP contribution >= 0.6 is 0 Å². The first-order chi connectivity index (χ1) is 20.1. The first-order valence-electron chi connectivity index (χ1n) is 15.2. The molecule has 0 aromatic heterocycles. The van der Waals surface area contributed by atoms with Crippen LogP contribution < -0.4 is 20.7 Å². The molecule has 210 valence electrons. The fourth-order valence-corrected chi connectivity index (χ4v) is 86.3. The van der Waals surface area contributed by atoms with Crippen molar-refractivity contribution in [2.45, 2.75) is 39.3 Å². The van der Waals surface area contributed by atoms with E-state index in [-0.39, 0.29) is 0 Å². The smallest absolute Gasteiger partial charge is 0.0734 e. The molecule has 0 aliphatic rings. The van der Waals surface area contributed by atoms with Crippen LogP contribution in [0.15, 0.2) is 146 Å². The standard InChI is InChI=1S/C38H42Si4/c1-39(2,3)42(6,40(4,33-23-9-7-10-24-33)37-29-17-21-31-19-13-15-27-35(31)37)41(5,34-25-11-8-12-26-34)38-30-18-22-32-20-14-16-28-36(32)38/h7-30H,1-6H3/t40-,41-/m0/s1. The van der Waals surface area contributed by atoms with E-state index in [0.29, 0.717) is 0 Å². The van der Waals surface area contributed by atoms with Crippen LogP contribution in [-0.4, -0.2) is 29.4 Å². The molecular formula is C38H42Si4. The van der Waals surface area contributed by atoms with E-state index in [2.05, 4.69) is 185 Å². The Kier molecular flexibility index (Phi) is 7.38. The lowest BCUT2D eigenvalue weighted by Crippen LogP contribution is -2.95. The average molecular weight is 611 g/mol. The summed E-state index contributed by atoms with van der Waals surface area (Å²) in [6, 6.07) is 56.2. The van der Waals surface area contributed by atoms with E-state index in [1.165, 1.54) is 21.5 Å². The normalized spacial score (nSPS) is 15.3. The summed E-state index contributed by atoms with van der Waals surface area (Å²) in [5, 5.41) is 12.1. The highest BCUT2D eigenvalue weighted by atomic mass is 29.9. The van der Waals surface area contributed by atoms with Gasteiger partial charge in [0, 0.05) is 7.59 Å². The van der Waals surface area contributed by atoms with Crippen LogP contribution in [0.1, 0.15) is 0 Å². The predicted molar refractivity (Wildman–Crippen MR) is 198 cm³/mol. The minimum Gasteiger partial charge on any atom is -0.0734 e. The van der Waals surface area contributed by atoms with Gasteiger partial charge in [-0.25, -0.2) is 0 Å². The average Bonchev–Trinajstić information content (AvgIpc) is 3.03. The second-order valence-corrected chi connectivity index (χ2v) is 50.9. The molecule has 6 aromatic rings. The van der Waals surface area contributed by atoms with Crippen molar-refractivity contribution in [1.29, 1.82) is 0 Å². The van der Waals surface area contributed by atoms with Crippen molar-refractivity contribution in [2.75, 3.05) is 0 Å². The van der Waals surface area contributed by atoms with E-state index in [0.717, 1.165) is 0 Å². The minimum absolute atomic E-state index is 1.37. The van der Waals surface area contributed by atoms with Gasteiger partial charge in [-0.2, -0.15) is 0 Å². The molecule has 0 aliphatic carbocycles. The van der Waals surface area contributed by atoms with Gasteiger partial charge in [0.1, 0.15) is 15.2 Å². The maximum absolute atomic E-state index is 2.89. The van der Waals surface area contributed by atoms with E-state index in [1.807, 2.05) is 0 Å². The van der Waals surface area contributed by atoms with Crippen LogP contribution in [0.3, 0.4) is 0 Å². The Hall–Kier alpha value is -3.29. The van der Waals surface area contributed by atoms with Crippen molar-refractivity contribution in [2.24, 2.45) is 0 Å². The molecular weight excluding hydrogens is 569 g/mol. The molecule has 0 heterocycles. The van der Waals surface area contributed by atoms with Crippen molar-refractivity contribution in [1.82, 2.24) is 0 Å². The van der Waals surface area contributed by atoms with Gasteiger partial charge < -0.3 is 0 Å². The zero-order valence-corrected chi connectivity index (χ0v) is 29.9. The molecule has 0 fully saturated rings. The molecule has 0 saturated heterocycles. The van der Waals surface area contributed by atoms with Crippen LogP contribution in [0.2, 0.25) is 39.3 Å². The number of hydrogen-bond acceptors (Lipinski definition) is 0. The summed E-state index contributed by atoms with van der Waals surface area (Å²) < 4.78 is 0. The van der Waals surface area contributed by atoms with E-state index in [4.69, 9.17) is 0 Å².